The van der Waals surface area contributed by atoms with Crippen LogP contribution in [0.1, 0.15) is 37.8 Å². The van der Waals surface area contributed by atoms with Crippen molar-refractivity contribution < 1.29 is 9.90 Å². The number of hydrogen-bond acceptors (Lipinski definition) is 1. The molecule has 0 aliphatic carbocycles. The minimum absolute atomic E-state index is 0.194. The van der Waals surface area contributed by atoms with E-state index in [2.05, 4.69) is 13.8 Å². The quantitative estimate of drug-likeness (QED) is 0.830. The van der Waals surface area contributed by atoms with Crippen LogP contribution in [0.25, 0.3) is 0 Å². The van der Waals surface area contributed by atoms with Crippen LogP contribution in [-0.2, 0) is 11.2 Å². The summed E-state index contributed by atoms with van der Waals surface area (Å²) in [6.07, 6.45) is 1.04. The fraction of sp³-hybridized carbons (Fsp3) is 0.500. The van der Waals surface area contributed by atoms with Gasteiger partial charge in [-0.1, -0.05) is 38.1 Å². The third kappa shape index (κ3) is 6.87. The highest BCUT2D eigenvalue weighted by Gasteiger charge is 2.12. The van der Waals surface area contributed by atoms with E-state index in [1.165, 1.54) is 5.56 Å². The summed E-state index contributed by atoms with van der Waals surface area (Å²) in [7, 11) is 0. The number of benzene rings is 1. The standard InChI is InChI=1S/C13H18O2.CH2Cl2/c1-9(2)8-11-4-6-12(7-5-11)10(3)13(14)15;2-1-3/h4-7,9-10H,8H2,1-3H3,(H,14,15);1H2. The zero-order valence-corrected chi connectivity index (χ0v) is 12.5. The molecule has 0 saturated heterocycles. The minimum Gasteiger partial charge on any atom is -0.481 e. The number of hydrogen-bond donors (Lipinski definition) is 1. The van der Waals surface area contributed by atoms with E-state index in [1.807, 2.05) is 24.3 Å². The average Bonchev–Trinajstić information content (AvgIpc) is 2.29. The first-order valence-corrected chi connectivity index (χ1v) is 6.92. The van der Waals surface area contributed by atoms with Crippen LogP contribution in [0, 0.1) is 5.92 Å². The van der Waals surface area contributed by atoms with Crippen molar-refractivity contribution in [1.29, 1.82) is 0 Å². The number of halogens is 2. The molecule has 102 valence electrons. The van der Waals surface area contributed by atoms with Gasteiger partial charge in [-0.25, -0.2) is 0 Å². The van der Waals surface area contributed by atoms with Gasteiger partial charge < -0.3 is 5.11 Å². The van der Waals surface area contributed by atoms with Gasteiger partial charge in [0.25, 0.3) is 0 Å². The van der Waals surface area contributed by atoms with Crippen molar-refractivity contribution in [2.75, 3.05) is 5.34 Å². The summed E-state index contributed by atoms with van der Waals surface area (Å²) < 4.78 is 0. The Balaban J connectivity index is 0.000000873. The molecule has 0 fully saturated rings. The molecule has 0 saturated carbocycles. The van der Waals surface area contributed by atoms with Crippen molar-refractivity contribution >= 4 is 29.2 Å². The van der Waals surface area contributed by atoms with Gasteiger partial charge in [-0.15, -0.1) is 23.2 Å². The van der Waals surface area contributed by atoms with Gasteiger partial charge in [-0.05, 0) is 30.4 Å². The molecule has 4 heteroatoms. The monoisotopic (exact) mass is 290 g/mol. The van der Waals surface area contributed by atoms with E-state index in [-0.39, 0.29) is 5.34 Å². The number of aliphatic carboxylic acids is 1. The highest BCUT2D eigenvalue weighted by molar-refractivity contribution is 6.40. The first-order chi connectivity index (χ1) is 8.42. The molecule has 0 amide bonds. The molecule has 0 bridgehead atoms. The smallest absolute Gasteiger partial charge is 0.310 e. The van der Waals surface area contributed by atoms with Crippen LogP contribution < -0.4 is 0 Å². The maximum atomic E-state index is 10.8. The third-order valence-corrected chi connectivity index (χ3v) is 2.49. The maximum absolute atomic E-state index is 10.8. The highest BCUT2D eigenvalue weighted by atomic mass is 35.5. The second-order valence-electron chi connectivity index (χ2n) is 4.50. The molecule has 0 spiro atoms. The molecule has 0 heterocycles. The average molecular weight is 291 g/mol. The lowest BCUT2D eigenvalue weighted by atomic mass is 9.97. The molecule has 0 radical (unpaired) electrons. The lowest BCUT2D eigenvalue weighted by Crippen LogP contribution is -2.07. The maximum Gasteiger partial charge on any atom is 0.310 e. The number of carbonyl (C=O) groups is 1. The van der Waals surface area contributed by atoms with E-state index in [9.17, 15) is 4.79 Å². The van der Waals surface area contributed by atoms with E-state index in [4.69, 9.17) is 28.3 Å². The largest absolute Gasteiger partial charge is 0.481 e. The molecule has 2 nitrogen and oxygen atoms in total. The van der Waals surface area contributed by atoms with Crippen molar-refractivity contribution in [3.63, 3.8) is 0 Å². The van der Waals surface area contributed by atoms with E-state index < -0.39 is 11.9 Å². The van der Waals surface area contributed by atoms with Gasteiger partial charge in [0.2, 0.25) is 0 Å². The summed E-state index contributed by atoms with van der Waals surface area (Å²) in [5.41, 5.74) is 2.14. The Morgan fingerprint density at radius 3 is 1.94 bits per heavy atom. The second-order valence-corrected chi connectivity index (χ2v) is 5.31. The first kappa shape index (κ1) is 17.3. The number of carboxylic acids is 1. The number of carboxylic acid groups (broad SMARTS) is 1. The minimum atomic E-state index is -0.772. The van der Waals surface area contributed by atoms with Gasteiger partial charge >= 0.3 is 5.97 Å². The molecule has 1 aromatic carbocycles. The Morgan fingerprint density at radius 1 is 1.17 bits per heavy atom. The SMILES string of the molecule is CC(C)Cc1ccc(C(C)C(=O)O)cc1.ClCCl. The lowest BCUT2D eigenvalue weighted by molar-refractivity contribution is -0.138. The predicted molar refractivity (Wildman–Crippen MR) is 77.6 cm³/mol. The van der Waals surface area contributed by atoms with Crippen molar-refractivity contribution in [1.82, 2.24) is 0 Å². The van der Waals surface area contributed by atoms with Crippen molar-refractivity contribution in [2.24, 2.45) is 5.92 Å². The summed E-state index contributed by atoms with van der Waals surface area (Å²) in [5, 5.41) is 9.04. The summed E-state index contributed by atoms with van der Waals surface area (Å²) in [5.74, 6) is -0.558. The summed E-state index contributed by atoms with van der Waals surface area (Å²) >= 11 is 9.53. The van der Waals surface area contributed by atoms with E-state index >= 15 is 0 Å². The Labute approximate surface area is 119 Å². The zero-order valence-electron chi connectivity index (χ0n) is 11.0. The van der Waals surface area contributed by atoms with Crippen LogP contribution in [-0.4, -0.2) is 16.4 Å². The molecule has 0 aliphatic heterocycles. The fourth-order valence-electron chi connectivity index (χ4n) is 1.56. The van der Waals surface area contributed by atoms with E-state index in [0.717, 1.165) is 12.0 Å². The van der Waals surface area contributed by atoms with Gasteiger partial charge in [0.1, 0.15) is 0 Å². The van der Waals surface area contributed by atoms with Gasteiger partial charge in [0.05, 0.1) is 11.3 Å². The normalized spacial score (nSPS) is 11.7. The molecule has 1 unspecified atom stereocenters. The Morgan fingerprint density at radius 2 is 1.61 bits per heavy atom. The lowest BCUT2D eigenvalue weighted by Gasteiger charge is -2.09. The summed E-state index contributed by atoms with van der Waals surface area (Å²) in [4.78, 5) is 10.8. The molecule has 0 aliphatic rings. The van der Waals surface area contributed by atoms with E-state index in [1.54, 1.807) is 6.92 Å². The molecule has 1 N–H and O–H groups in total. The Hall–Kier alpha value is -0.730. The van der Waals surface area contributed by atoms with Crippen molar-refractivity contribution in [2.45, 2.75) is 33.1 Å². The fourth-order valence-corrected chi connectivity index (χ4v) is 1.56. The van der Waals surface area contributed by atoms with Gasteiger partial charge in [-0.3, -0.25) is 4.79 Å². The summed E-state index contributed by atoms with van der Waals surface area (Å²) in [6, 6.07) is 7.87. The molecule has 0 aromatic heterocycles. The van der Waals surface area contributed by atoms with Crippen LogP contribution in [0.15, 0.2) is 24.3 Å². The first-order valence-electron chi connectivity index (χ1n) is 5.85. The molecular formula is C14H20Cl2O2. The second kappa shape index (κ2) is 9.23. The predicted octanol–water partition coefficient (Wildman–Crippen LogP) is 4.49. The molecular weight excluding hydrogens is 271 g/mol. The molecule has 1 rings (SSSR count). The van der Waals surface area contributed by atoms with E-state index in [0.29, 0.717) is 5.92 Å². The van der Waals surface area contributed by atoms with Crippen LogP contribution in [0.4, 0.5) is 0 Å². The van der Waals surface area contributed by atoms with Crippen LogP contribution in [0.5, 0.6) is 0 Å². The van der Waals surface area contributed by atoms with Crippen molar-refractivity contribution in [3.05, 3.63) is 35.4 Å². The molecule has 1 atom stereocenters. The third-order valence-electron chi connectivity index (χ3n) is 2.49. The van der Waals surface area contributed by atoms with Crippen LogP contribution in [0.3, 0.4) is 0 Å². The van der Waals surface area contributed by atoms with Gasteiger partial charge in [0.15, 0.2) is 0 Å². The Bertz CT molecular complexity index is 347. The van der Waals surface area contributed by atoms with Crippen LogP contribution in [0.2, 0.25) is 0 Å². The Kier molecular flexibility index (Phi) is 8.86. The molecule has 18 heavy (non-hydrogen) atoms. The van der Waals surface area contributed by atoms with Gasteiger partial charge in [-0.2, -0.15) is 0 Å². The topological polar surface area (TPSA) is 37.3 Å². The van der Waals surface area contributed by atoms with Crippen molar-refractivity contribution in [3.8, 4) is 0 Å². The number of rotatable bonds is 4. The number of alkyl halides is 2. The van der Waals surface area contributed by atoms with Crippen LogP contribution >= 0.6 is 23.2 Å². The highest BCUT2D eigenvalue weighted by Crippen LogP contribution is 2.17. The van der Waals surface area contributed by atoms with Gasteiger partial charge in [0, 0.05) is 0 Å². The summed E-state index contributed by atoms with van der Waals surface area (Å²) in [6.45, 7) is 6.06. The molecule has 1 aromatic rings. The zero-order chi connectivity index (χ0) is 14.1.